The Balaban J connectivity index is 2.09. The van der Waals surface area contributed by atoms with Crippen LogP contribution in [0.25, 0.3) is 0 Å². The summed E-state index contributed by atoms with van der Waals surface area (Å²) in [4.78, 5) is 0. The molecule has 1 atom stereocenters. The topological polar surface area (TPSA) is 20.2 Å². The van der Waals surface area contributed by atoms with Crippen LogP contribution in [0, 0.1) is 5.92 Å². The normalized spacial score (nSPS) is 28.1. The summed E-state index contributed by atoms with van der Waals surface area (Å²) in [5.74, 6) is 0.671. The van der Waals surface area contributed by atoms with Crippen molar-refractivity contribution in [2.45, 2.75) is 12.8 Å². The maximum Gasteiger partial charge on any atom is 0.0436 e. The molecule has 1 aliphatic carbocycles. The van der Waals surface area contributed by atoms with E-state index in [1.54, 1.807) is 0 Å². The molecule has 0 aliphatic heterocycles. The van der Waals surface area contributed by atoms with Crippen LogP contribution >= 0.6 is 0 Å². The zero-order valence-corrected chi connectivity index (χ0v) is 4.35. The van der Waals surface area contributed by atoms with Gasteiger partial charge in [-0.25, -0.2) is 0 Å². The first-order valence-electron chi connectivity index (χ1n) is 2.63. The standard InChI is InChI=1S/C6H10O/c1-5-4-6(5)2-3-7/h6-7H,1-4H2. The molecule has 1 rings (SSSR count). The van der Waals surface area contributed by atoms with Crippen LogP contribution in [0.1, 0.15) is 12.8 Å². The number of aliphatic hydroxyl groups excluding tert-OH is 1. The molecule has 1 unspecified atom stereocenters. The molecule has 7 heavy (non-hydrogen) atoms. The average molecular weight is 98.1 g/mol. The first kappa shape index (κ1) is 4.85. The predicted octanol–water partition coefficient (Wildman–Crippen LogP) is 0.945. The lowest BCUT2D eigenvalue weighted by Crippen LogP contribution is -1.81. The zero-order chi connectivity index (χ0) is 5.28. The van der Waals surface area contributed by atoms with Crippen LogP contribution in [-0.2, 0) is 0 Å². The van der Waals surface area contributed by atoms with Crippen molar-refractivity contribution >= 4 is 0 Å². The third-order valence-electron chi connectivity index (χ3n) is 1.40. The van der Waals surface area contributed by atoms with Gasteiger partial charge < -0.3 is 5.11 Å². The second kappa shape index (κ2) is 1.66. The van der Waals surface area contributed by atoms with Crippen LogP contribution in [0.5, 0.6) is 0 Å². The number of rotatable bonds is 2. The maximum absolute atomic E-state index is 8.35. The summed E-state index contributed by atoms with van der Waals surface area (Å²) in [6, 6.07) is 0. The summed E-state index contributed by atoms with van der Waals surface area (Å²) in [5.41, 5.74) is 1.31. The average Bonchev–Trinajstić information content (AvgIpc) is 2.22. The number of hydrogen-bond donors (Lipinski definition) is 1. The molecule has 0 bridgehead atoms. The van der Waals surface area contributed by atoms with E-state index in [0.29, 0.717) is 12.5 Å². The molecule has 0 aromatic rings. The van der Waals surface area contributed by atoms with E-state index in [2.05, 4.69) is 6.58 Å². The Morgan fingerprint density at radius 3 is 2.57 bits per heavy atom. The Labute approximate surface area is 43.7 Å². The summed E-state index contributed by atoms with van der Waals surface area (Å²) in [6.45, 7) is 4.08. The third-order valence-corrected chi connectivity index (χ3v) is 1.40. The molecule has 1 N–H and O–H groups in total. The molecule has 1 saturated carbocycles. The van der Waals surface area contributed by atoms with Gasteiger partial charge in [0.05, 0.1) is 0 Å². The number of hydrogen-bond acceptors (Lipinski definition) is 1. The molecule has 0 saturated heterocycles. The Morgan fingerprint density at radius 1 is 1.86 bits per heavy atom. The van der Waals surface area contributed by atoms with Crippen molar-refractivity contribution in [1.29, 1.82) is 0 Å². The van der Waals surface area contributed by atoms with Gasteiger partial charge in [0.15, 0.2) is 0 Å². The third kappa shape index (κ3) is 1.03. The second-order valence-electron chi connectivity index (χ2n) is 2.07. The molecule has 0 spiro atoms. The van der Waals surface area contributed by atoms with E-state index in [9.17, 15) is 0 Å². The quantitative estimate of drug-likeness (QED) is 0.510. The van der Waals surface area contributed by atoms with E-state index in [1.165, 1.54) is 5.57 Å². The highest BCUT2D eigenvalue weighted by atomic mass is 16.3. The van der Waals surface area contributed by atoms with E-state index in [-0.39, 0.29) is 0 Å². The van der Waals surface area contributed by atoms with E-state index < -0.39 is 0 Å². The minimum Gasteiger partial charge on any atom is -0.396 e. The van der Waals surface area contributed by atoms with Gasteiger partial charge in [0, 0.05) is 6.61 Å². The van der Waals surface area contributed by atoms with Gasteiger partial charge in [0.25, 0.3) is 0 Å². The van der Waals surface area contributed by atoms with Gasteiger partial charge in [0.1, 0.15) is 0 Å². The highest BCUT2D eigenvalue weighted by Gasteiger charge is 2.25. The minimum absolute atomic E-state index is 0.323. The summed E-state index contributed by atoms with van der Waals surface area (Å²) in [6.07, 6.45) is 2.08. The summed E-state index contributed by atoms with van der Waals surface area (Å²) < 4.78 is 0. The molecule has 0 amide bonds. The van der Waals surface area contributed by atoms with Crippen LogP contribution < -0.4 is 0 Å². The molecule has 0 aromatic heterocycles. The maximum atomic E-state index is 8.35. The Hall–Kier alpha value is -0.300. The van der Waals surface area contributed by atoms with E-state index in [4.69, 9.17) is 5.11 Å². The number of allylic oxidation sites excluding steroid dienone is 1. The van der Waals surface area contributed by atoms with Crippen LogP contribution in [0.4, 0.5) is 0 Å². The van der Waals surface area contributed by atoms with Gasteiger partial charge in [-0.3, -0.25) is 0 Å². The van der Waals surface area contributed by atoms with E-state index in [1.807, 2.05) is 0 Å². The fraction of sp³-hybridized carbons (Fsp3) is 0.667. The van der Waals surface area contributed by atoms with Gasteiger partial charge in [0.2, 0.25) is 0 Å². The first-order chi connectivity index (χ1) is 3.34. The van der Waals surface area contributed by atoms with Crippen LogP contribution in [-0.4, -0.2) is 11.7 Å². The highest BCUT2D eigenvalue weighted by molar-refractivity contribution is 5.18. The molecule has 1 nitrogen and oxygen atoms in total. The van der Waals surface area contributed by atoms with Crippen molar-refractivity contribution in [2.24, 2.45) is 5.92 Å². The Kier molecular flexibility index (Phi) is 1.15. The van der Waals surface area contributed by atoms with Crippen molar-refractivity contribution in [3.05, 3.63) is 12.2 Å². The van der Waals surface area contributed by atoms with Crippen molar-refractivity contribution in [2.75, 3.05) is 6.61 Å². The monoisotopic (exact) mass is 98.1 g/mol. The van der Waals surface area contributed by atoms with Gasteiger partial charge in [-0.1, -0.05) is 12.2 Å². The molecular weight excluding hydrogens is 88.1 g/mol. The van der Waals surface area contributed by atoms with Crippen molar-refractivity contribution in [3.8, 4) is 0 Å². The molecule has 1 heteroatoms. The molecule has 0 radical (unpaired) electrons. The second-order valence-corrected chi connectivity index (χ2v) is 2.07. The lowest BCUT2D eigenvalue weighted by Gasteiger charge is -1.83. The zero-order valence-electron chi connectivity index (χ0n) is 4.35. The van der Waals surface area contributed by atoms with Crippen molar-refractivity contribution in [3.63, 3.8) is 0 Å². The summed E-state index contributed by atoms with van der Waals surface area (Å²) in [7, 11) is 0. The van der Waals surface area contributed by atoms with Crippen molar-refractivity contribution in [1.82, 2.24) is 0 Å². The molecule has 40 valence electrons. The largest absolute Gasteiger partial charge is 0.396 e. The van der Waals surface area contributed by atoms with Crippen LogP contribution in [0.15, 0.2) is 12.2 Å². The van der Waals surface area contributed by atoms with Gasteiger partial charge >= 0.3 is 0 Å². The van der Waals surface area contributed by atoms with Gasteiger partial charge in [-0.15, -0.1) is 0 Å². The van der Waals surface area contributed by atoms with E-state index in [0.717, 1.165) is 12.8 Å². The Bertz CT molecular complexity index is 86.2. The fourth-order valence-electron chi connectivity index (χ4n) is 0.720. The predicted molar refractivity (Wildman–Crippen MR) is 28.9 cm³/mol. The first-order valence-corrected chi connectivity index (χ1v) is 2.63. The molecule has 1 aliphatic rings. The van der Waals surface area contributed by atoms with E-state index >= 15 is 0 Å². The van der Waals surface area contributed by atoms with Crippen LogP contribution in [0.3, 0.4) is 0 Å². The van der Waals surface area contributed by atoms with Gasteiger partial charge in [-0.05, 0) is 18.8 Å². The van der Waals surface area contributed by atoms with Crippen molar-refractivity contribution < 1.29 is 5.11 Å². The fourth-order valence-corrected chi connectivity index (χ4v) is 0.720. The molecule has 1 fully saturated rings. The molecule has 0 heterocycles. The Morgan fingerprint density at radius 2 is 2.43 bits per heavy atom. The smallest absolute Gasteiger partial charge is 0.0436 e. The molecule has 0 aromatic carbocycles. The number of aliphatic hydroxyl groups is 1. The SMILES string of the molecule is C=C1CC1CCO. The van der Waals surface area contributed by atoms with Crippen LogP contribution in [0.2, 0.25) is 0 Å². The highest BCUT2D eigenvalue weighted by Crippen LogP contribution is 2.37. The summed E-state index contributed by atoms with van der Waals surface area (Å²) in [5, 5.41) is 8.35. The summed E-state index contributed by atoms with van der Waals surface area (Å²) >= 11 is 0. The van der Waals surface area contributed by atoms with Gasteiger partial charge in [-0.2, -0.15) is 0 Å². The molecular formula is C6H10O. The lowest BCUT2D eigenvalue weighted by molar-refractivity contribution is 0.282. The lowest BCUT2D eigenvalue weighted by atomic mass is 10.3. The minimum atomic E-state index is 0.323.